The third-order valence-corrected chi connectivity index (χ3v) is 3.36. The third kappa shape index (κ3) is 3.81. The van der Waals surface area contributed by atoms with Crippen LogP contribution in [0.5, 0.6) is 0 Å². The highest BCUT2D eigenvalue weighted by molar-refractivity contribution is 5.80. The molecule has 1 N–H and O–H groups in total. The minimum absolute atomic E-state index is 0.0685. The molecule has 1 unspecified atom stereocenters. The van der Waals surface area contributed by atoms with E-state index in [9.17, 15) is 9.59 Å². The standard InChI is InChI=1S/C13H18N2O4/c16-12(17)8-11(15-7-6-14-9-15)13(18)19-10-4-2-1-3-5-10/h6-7,9-11H,1-5,8H2,(H,16,17). The molecule has 0 saturated heterocycles. The lowest BCUT2D eigenvalue weighted by atomic mass is 9.98. The summed E-state index contributed by atoms with van der Waals surface area (Å²) in [7, 11) is 0. The van der Waals surface area contributed by atoms with Crippen LogP contribution in [0.1, 0.15) is 44.6 Å². The van der Waals surface area contributed by atoms with Crippen LogP contribution in [0.15, 0.2) is 18.7 Å². The molecule has 6 heteroatoms. The number of carboxylic acid groups (broad SMARTS) is 1. The van der Waals surface area contributed by atoms with Gasteiger partial charge in [-0.3, -0.25) is 4.79 Å². The van der Waals surface area contributed by atoms with E-state index in [1.165, 1.54) is 23.5 Å². The average Bonchev–Trinajstić information content (AvgIpc) is 2.90. The zero-order valence-electron chi connectivity index (χ0n) is 10.7. The Labute approximate surface area is 111 Å². The number of aromatic nitrogens is 2. The normalized spacial score (nSPS) is 17.9. The summed E-state index contributed by atoms with van der Waals surface area (Å²) >= 11 is 0. The van der Waals surface area contributed by atoms with Gasteiger partial charge in [0, 0.05) is 12.4 Å². The van der Waals surface area contributed by atoms with Crippen molar-refractivity contribution in [1.29, 1.82) is 0 Å². The second kappa shape index (κ2) is 6.36. The molecule has 1 aliphatic rings. The predicted molar refractivity (Wildman–Crippen MR) is 66.5 cm³/mol. The van der Waals surface area contributed by atoms with Crippen LogP contribution < -0.4 is 0 Å². The van der Waals surface area contributed by atoms with Gasteiger partial charge in [0.2, 0.25) is 0 Å². The lowest BCUT2D eigenvalue weighted by molar-refractivity contribution is -0.157. The second-order valence-corrected chi connectivity index (χ2v) is 4.82. The Morgan fingerprint density at radius 1 is 1.37 bits per heavy atom. The van der Waals surface area contributed by atoms with Crippen molar-refractivity contribution in [2.45, 2.75) is 50.7 Å². The van der Waals surface area contributed by atoms with Crippen molar-refractivity contribution >= 4 is 11.9 Å². The Hall–Kier alpha value is -1.85. The quantitative estimate of drug-likeness (QED) is 0.821. The van der Waals surface area contributed by atoms with E-state index in [4.69, 9.17) is 9.84 Å². The number of ether oxygens (including phenoxy) is 1. The molecule has 0 aromatic carbocycles. The Morgan fingerprint density at radius 3 is 2.68 bits per heavy atom. The van der Waals surface area contributed by atoms with E-state index in [0.717, 1.165) is 25.7 Å². The van der Waals surface area contributed by atoms with Gasteiger partial charge in [0.05, 0.1) is 12.7 Å². The number of imidazole rings is 1. The zero-order chi connectivity index (χ0) is 13.7. The van der Waals surface area contributed by atoms with Gasteiger partial charge in [-0.15, -0.1) is 0 Å². The number of rotatable bonds is 5. The average molecular weight is 266 g/mol. The zero-order valence-corrected chi connectivity index (χ0v) is 10.7. The highest BCUT2D eigenvalue weighted by Gasteiger charge is 2.27. The summed E-state index contributed by atoms with van der Waals surface area (Å²) < 4.78 is 6.91. The van der Waals surface area contributed by atoms with E-state index in [2.05, 4.69) is 4.98 Å². The van der Waals surface area contributed by atoms with Crippen molar-refractivity contribution < 1.29 is 19.4 Å². The fourth-order valence-corrected chi connectivity index (χ4v) is 2.36. The van der Waals surface area contributed by atoms with Gasteiger partial charge in [-0.2, -0.15) is 0 Å². The van der Waals surface area contributed by atoms with Gasteiger partial charge < -0.3 is 14.4 Å². The highest BCUT2D eigenvalue weighted by Crippen LogP contribution is 2.23. The van der Waals surface area contributed by atoms with E-state index >= 15 is 0 Å². The molecule has 1 fully saturated rings. The maximum Gasteiger partial charge on any atom is 0.330 e. The maximum absolute atomic E-state index is 12.1. The first kappa shape index (κ1) is 13.6. The Bertz CT molecular complexity index is 424. The number of hydrogen-bond acceptors (Lipinski definition) is 4. The van der Waals surface area contributed by atoms with Crippen molar-refractivity contribution in [1.82, 2.24) is 9.55 Å². The molecule has 1 aliphatic carbocycles. The van der Waals surface area contributed by atoms with Crippen LogP contribution in [0.2, 0.25) is 0 Å². The number of esters is 1. The first-order valence-electron chi connectivity index (χ1n) is 6.56. The molecular weight excluding hydrogens is 248 g/mol. The van der Waals surface area contributed by atoms with E-state index < -0.39 is 18.0 Å². The van der Waals surface area contributed by atoms with Gasteiger partial charge in [-0.1, -0.05) is 6.42 Å². The number of carbonyl (C=O) groups excluding carboxylic acids is 1. The molecule has 104 valence electrons. The van der Waals surface area contributed by atoms with Crippen LogP contribution in [-0.2, 0) is 14.3 Å². The molecule has 19 heavy (non-hydrogen) atoms. The minimum Gasteiger partial charge on any atom is -0.481 e. The molecule has 0 bridgehead atoms. The van der Waals surface area contributed by atoms with Crippen molar-refractivity contribution in [3.05, 3.63) is 18.7 Å². The first-order valence-corrected chi connectivity index (χ1v) is 6.56. The molecule has 0 aliphatic heterocycles. The Morgan fingerprint density at radius 2 is 2.11 bits per heavy atom. The summed E-state index contributed by atoms with van der Waals surface area (Å²) in [6, 6.07) is -0.832. The van der Waals surface area contributed by atoms with Crippen LogP contribution in [0.3, 0.4) is 0 Å². The highest BCUT2D eigenvalue weighted by atomic mass is 16.5. The maximum atomic E-state index is 12.1. The number of hydrogen-bond donors (Lipinski definition) is 1. The van der Waals surface area contributed by atoms with Gasteiger partial charge in [0.15, 0.2) is 0 Å². The summed E-state index contributed by atoms with van der Waals surface area (Å²) in [4.78, 5) is 26.8. The molecule has 1 saturated carbocycles. The smallest absolute Gasteiger partial charge is 0.330 e. The number of carbonyl (C=O) groups is 2. The molecule has 1 heterocycles. The fraction of sp³-hybridized carbons (Fsp3) is 0.615. The SMILES string of the molecule is O=C(O)CC(C(=O)OC1CCCCC1)n1ccnc1. The van der Waals surface area contributed by atoms with Crippen molar-refractivity contribution in [3.63, 3.8) is 0 Å². The largest absolute Gasteiger partial charge is 0.481 e. The van der Waals surface area contributed by atoms with Crippen LogP contribution >= 0.6 is 0 Å². The molecule has 1 atom stereocenters. The van der Waals surface area contributed by atoms with Crippen molar-refractivity contribution in [2.24, 2.45) is 0 Å². The number of carboxylic acids is 1. The minimum atomic E-state index is -1.03. The summed E-state index contributed by atoms with van der Waals surface area (Å²) in [5.74, 6) is -1.51. The molecule has 2 rings (SSSR count). The van der Waals surface area contributed by atoms with Crippen LogP contribution in [0.4, 0.5) is 0 Å². The first-order chi connectivity index (χ1) is 9.16. The predicted octanol–water partition coefficient (Wildman–Crippen LogP) is 1.77. The number of aliphatic carboxylic acids is 1. The molecular formula is C13H18N2O4. The van der Waals surface area contributed by atoms with Gasteiger partial charge in [0.1, 0.15) is 12.1 Å². The van der Waals surface area contributed by atoms with Gasteiger partial charge >= 0.3 is 11.9 Å². The third-order valence-electron chi connectivity index (χ3n) is 3.36. The lowest BCUT2D eigenvalue weighted by Crippen LogP contribution is -2.29. The van der Waals surface area contributed by atoms with E-state index in [1.807, 2.05) is 0 Å². The molecule has 1 aromatic rings. The van der Waals surface area contributed by atoms with E-state index in [-0.39, 0.29) is 12.5 Å². The molecule has 1 aromatic heterocycles. The molecule has 6 nitrogen and oxygen atoms in total. The van der Waals surface area contributed by atoms with Crippen molar-refractivity contribution in [3.8, 4) is 0 Å². The Balaban J connectivity index is 2.00. The van der Waals surface area contributed by atoms with Crippen LogP contribution in [-0.4, -0.2) is 32.7 Å². The van der Waals surface area contributed by atoms with Crippen LogP contribution in [0, 0.1) is 0 Å². The Kier molecular flexibility index (Phi) is 4.54. The summed E-state index contributed by atoms with van der Waals surface area (Å²) in [6.45, 7) is 0. The topological polar surface area (TPSA) is 81.4 Å². The molecule has 0 amide bonds. The summed E-state index contributed by atoms with van der Waals surface area (Å²) in [5, 5.41) is 8.90. The van der Waals surface area contributed by atoms with Crippen LogP contribution in [0.25, 0.3) is 0 Å². The van der Waals surface area contributed by atoms with Gasteiger partial charge in [0.25, 0.3) is 0 Å². The summed E-state index contributed by atoms with van der Waals surface area (Å²) in [6.07, 6.45) is 9.22. The fourth-order valence-electron chi connectivity index (χ4n) is 2.36. The summed E-state index contributed by atoms with van der Waals surface area (Å²) in [5.41, 5.74) is 0. The molecule has 0 spiro atoms. The number of nitrogens with zero attached hydrogens (tertiary/aromatic N) is 2. The van der Waals surface area contributed by atoms with Gasteiger partial charge in [-0.25, -0.2) is 9.78 Å². The monoisotopic (exact) mass is 266 g/mol. The second-order valence-electron chi connectivity index (χ2n) is 4.82. The molecule has 0 radical (unpaired) electrons. The van der Waals surface area contributed by atoms with E-state index in [0.29, 0.717) is 0 Å². The van der Waals surface area contributed by atoms with Crippen molar-refractivity contribution in [2.75, 3.05) is 0 Å². The van der Waals surface area contributed by atoms with Gasteiger partial charge in [-0.05, 0) is 25.7 Å². The lowest BCUT2D eigenvalue weighted by Gasteiger charge is -2.24. The van der Waals surface area contributed by atoms with E-state index in [1.54, 1.807) is 6.20 Å².